The second kappa shape index (κ2) is 10.3. The minimum Gasteiger partial charge on any atom is -0.462 e. The van der Waals surface area contributed by atoms with E-state index >= 15 is 0 Å². The normalized spacial score (nSPS) is 11.0. The van der Waals surface area contributed by atoms with Crippen molar-refractivity contribution in [3.63, 3.8) is 0 Å². The standard InChI is InChI=1S/C28H30N4O2/c1-5-21-10-12-22(13-11-21)27(33)29-23-14-16-24(17-15-23)32-26(25-9-7-6-8-20(25)4)30-28(31-32)34-18-19(2)3/h6-17,19H,5,18H2,1-4H3,(H,29,33). The molecule has 0 atom stereocenters. The molecule has 0 spiro atoms. The summed E-state index contributed by atoms with van der Waals surface area (Å²) in [4.78, 5) is 17.3. The van der Waals surface area contributed by atoms with Crippen LogP contribution in [0.3, 0.4) is 0 Å². The Bertz CT molecular complexity index is 1260. The molecule has 6 nitrogen and oxygen atoms in total. The van der Waals surface area contributed by atoms with Crippen LogP contribution in [0.5, 0.6) is 6.01 Å². The molecular formula is C28H30N4O2. The van der Waals surface area contributed by atoms with E-state index in [0.717, 1.165) is 23.2 Å². The summed E-state index contributed by atoms with van der Waals surface area (Å²) in [7, 11) is 0. The lowest BCUT2D eigenvalue weighted by Gasteiger charge is -2.10. The van der Waals surface area contributed by atoms with Crippen molar-refractivity contribution in [2.24, 2.45) is 5.92 Å². The molecule has 1 N–H and O–H groups in total. The van der Waals surface area contributed by atoms with Crippen molar-refractivity contribution in [1.82, 2.24) is 14.8 Å². The number of carbonyl (C=O) groups excluding carboxylic acids is 1. The van der Waals surface area contributed by atoms with Crippen molar-refractivity contribution in [3.05, 3.63) is 89.5 Å². The highest BCUT2D eigenvalue weighted by atomic mass is 16.5. The summed E-state index contributed by atoms with van der Waals surface area (Å²) in [5.74, 6) is 0.945. The molecule has 4 aromatic rings. The van der Waals surface area contributed by atoms with Crippen molar-refractivity contribution in [3.8, 4) is 23.1 Å². The first-order valence-electron chi connectivity index (χ1n) is 11.6. The second-order valence-corrected chi connectivity index (χ2v) is 8.70. The van der Waals surface area contributed by atoms with Crippen LogP contribution >= 0.6 is 0 Å². The van der Waals surface area contributed by atoms with Gasteiger partial charge in [0.25, 0.3) is 5.91 Å². The van der Waals surface area contributed by atoms with Gasteiger partial charge in [0.2, 0.25) is 0 Å². The minimum absolute atomic E-state index is 0.138. The van der Waals surface area contributed by atoms with Crippen LogP contribution in [0.4, 0.5) is 5.69 Å². The van der Waals surface area contributed by atoms with E-state index in [1.807, 2.05) is 66.7 Å². The van der Waals surface area contributed by atoms with E-state index in [0.29, 0.717) is 35.6 Å². The maximum absolute atomic E-state index is 12.6. The Morgan fingerprint density at radius 1 is 1.00 bits per heavy atom. The molecule has 174 valence electrons. The summed E-state index contributed by atoms with van der Waals surface area (Å²) in [5.41, 5.74) is 5.46. The van der Waals surface area contributed by atoms with Gasteiger partial charge in [0.05, 0.1) is 12.3 Å². The van der Waals surface area contributed by atoms with Gasteiger partial charge in [0, 0.05) is 16.8 Å². The quantitative estimate of drug-likeness (QED) is 0.350. The number of hydrogen-bond acceptors (Lipinski definition) is 4. The molecule has 1 heterocycles. The van der Waals surface area contributed by atoms with Gasteiger partial charge in [0.1, 0.15) is 0 Å². The Balaban J connectivity index is 1.59. The van der Waals surface area contributed by atoms with E-state index in [4.69, 9.17) is 4.74 Å². The Kier molecular flexibility index (Phi) is 7.07. The largest absolute Gasteiger partial charge is 0.462 e. The van der Waals surface area contributed by atoms with E-state index < -0.39 is 0 Å². The van der Waals surface area contributed by atoms with Gasteiger partial charge in [-0.05, 0) is 66.8 Å². The average molecular weight is 455 g/mol. The molecule has 0 aliphatic heterocycles. The topological polar surface area (TPSA) is 69.0 Å². The fourth-order valence-electron chi connectivity index (χ4n) is 3.55. The van der Waals surface area contributed by atoms with Gasteiger partial charge in [-0.3, -0.25) is 4.79 Å². The fourth-order valence-corrected chi connectivity index (χ4v) is 3.55. The fraction of sp³-hybridized carbons (Fsp3) is 0.250. The van der Waals surface area contributed by atoms with Gasteiger partial charge in [-0.25, -0.2) is 4.68 Å². The summed E-state index contributed by atoms with van der Waals surface area (Å²) >= 11 is 0. The van der Waals surface area contributed by atoms with Crippen LogP contribution in [-0.2, 0) is 6.42 Å². The molecule has 0 radical (unpaired) electrons. The number of benzene rings is 3. The maximum atomic E-state index is 12.6. The molecule has 1 amide bonds. The highest BCUT2D eigenvalue weighted by Gasteiger charge is 2.17. The van der Waals surface area contributed by atoms with E-state index in [9.17, 15) is 4.79 Å². The number of ether oxygens (including phenoxy) is 1. The van der Waals surface area contributed by atoms with Crippen molar-refractivity contribution in [2.75, 3.05) is 11.9 Å². The molecule has 34 heavy (non-hydrogen) atoms. The van der Waals surface area contributed by atoms with Gasteiger partial charge in [-0.15, -0.1) is 5.10 Å². The summed E-state index contributed by atoms with van der Waals surface area (Å²) in [6.07, 6.45) is 0.945. The lowest BCUT2D eigenvalue weighted by atomic mass is 10.1. The summed E-state index contributed by atoms with van der Waals surface area (Å²) in [6.45, 7) is 8.86. The SMILES string of the molecule is CCc1ccc(C(=O)Nc2ccc(-n3nc(OCC(C)C)nc3-c3ccccc3C)cc2)cc1. The first kappa shape index (κ1) is 23.2. The molecule has 0 saturated heterocycles. The lowest BCUT2D eigenvalue weighted by Crippen LogP contribution is -2.12. The third-order valence-corrected chi connectivity index (χ3v) is 5.51. The zero-order chi connectivity index (χ0) is 24.1. The van der Waals surface area contributed by atoms with Gasteiger partial charge in [-0.2, -0.15) is 4.98 Å². The number of anilines is 1. The molecule has 0 aliphatic rings. The second-order valence-electron chi connectivity index (χ2n) is 8.70. The molecular weight excluding hydrogens is 424 g/mol. The van der Waals surface area contributed by atoms with E-state index in [2.05, 4.69) is 49.2 Å². The Morgan fingerprint density at radius 3 is 2.35 bits per heavy atom. The Hall–Kier alpha value is -3.93. The molecule has 0 aliphatic carbocycles. The molecule has 0 saturated carbocycles. The number of aryl methyl sites for hydroxylation is 2. The van der Waals surface area contributed by atoms with Gasteiger partial charge >= 0.3 is 6.01 Å². The smallest absolute Gasteiger partial charge is 0.336 e. The van der Waals surface area contributed by atoms with E-state index in [-0.39, 0.29) is 5.91 Å². The monoisotopic (exact) mass is 454 g/mol. The Morgan fingerprint density at radius 2 is 1.71 bits per heavy atom. The van der Waals surface area contributed by atoms with Crippen LogP contribution in [0.25, 0.3) is 17.1 Å². The Labute approximate surface area is 200 Å². The number of carbonyl (C=O) groups is 1. The average Bonchev–Trinajstić information content (AvgIpc) is 3.27. The van der Waals surface area contributed by atoms with Crippen LogP contribution in [0.15, 0.2) is 72.8 Å². The zero-order valence-electron chi connectivity index (χ0n) is 20.1. The first-order valence-corrected chi connectivity index (χ1v) is 11.6. The van der Waals surface area contributed by atoms with Gasteiger partial charge in [-0.1, -0.05) is 57.2 Å². The third kappa shape index (κ3) is 5.34. The zero-order valence-corrected chi connectivity index (χ0v) is 20.1. The van der Waals surface area contributed by atoms with Crippen LogP contribution in [-0.4, -0.2) is 27.3 Å². The summed E-state index contributed by atoms with van der Waals surface area (Å²) in [5, 5.41) is 7.58. The molecule has 3 aromatic carbocycles. The van der Waals surface area contributed by atoms with Crippen LogP contribution in [0, 0.1) is 12.8 Å². The third-order valence-electron chi connectivity index (χ3n) is 5.51. The van der Waals surface area contributed by atoms with Crippen LogP contribution in [0.1, 0.15) is 42.3 Å². The van der Waals surface area contributed by atoms with Crippen molar-refractivity contribution in [2.45, 2.75) is 34.1 Å². The van der Waals surface area contributed by atoms with E-state index in [1.165, 1.54) is 5.56 Å². The van der Waals surface area contributed by atoms with Gasteiger partial charge < -0.3 is 10.1 Å². The van der Waals surface area contributed by atoms with Crippen LogP contribution < -0.4 is 10.1 Å². The van der Waals surface area contributed by atoms with Gasteiger partial charge in [0.15, 0.2) is 5.82 Å². The molecule has 0 unspecified atom stereocenters. The van der Waals surface area contributed by atoms with Crippen molar-refractivity contribution < 1.29 is 9.53 Å². The molecule has 0 fully saturated rings. The molecule has 4 rings (SSSR count). The predicted octanol–water partition coefficient (Wildman–Crippen LogP) is 6.09. The van der Waals surface area contributed by atoms with Crippen molar-refractivity contribution in [1.29, 1.82) is 0 Å². The van der Waals surface area contributed by atoms with E-state index in [1.54, 1.807) is 4.68 Å². The van der Waals surface area contributed by atoms with Crippen LogP contribution in [0.2, 0.25) is 0 Å². The van der Waals surface area contributed by atoms with Crippen molar-refractivity contribution >= 4 is 11.6 Å². The first-order chi connectivity index (χ1) is 16.4. The number of nitrogens with zero attached hydrogens (tertiary/aromatic N) is 3. The number of nitrogens with one attached hydrogen (secondary N) is 1. The summed E-state index contributed by atoms with van der Waals surface area (Å²) < 4.78 is 7.60. The molecule has 1 aromatic heterocycles. The molecule has 6 heteroatoms. The highest BCUT2D eigenvalue weighted by molar-refractivity contribution is 6.04. The maximum Gasteiger partial charge on any atom is 0.336 e. The number of aromatic nitrogens is 3. The number of hydrogen-bond donors (Lipinski definition) is 1. The number of amides is 1. The molecule has 0 bridgehead atoms. The lowest BCUT2D eigenvalue weighted by molar-refractivity contribution is 0.102. The minimum atomic E-state index is -0.138. The predicted molar refractivity (Wildman–Crippen MR) is 136 cm³/mol. The summed E-state index contributed by atoms with van der Waals surface area (Å²) in [6, 6.07) is 23.6. The highest BCUT2D eigenvalue weighted by Crippen LogP contribution is 2.27. The number of rotatable bonds is 8.